The quantitative estimate of drug-likeness (QED) is 0.758. The van der Waals surface area contributed by atoms with Gasteiger partial charge in [0.05, 0.1) is 6.42 Å². The molecule has 0 aliphatic carbocycles. The number of hydrogen-bond donors (Lipinski definition) is 1. The van der Waals surface area contributed by atoms with Crippen LogP contribution in [0.1, 0.15) is 59.8 Å². The number of nitrogens with zero attached hydrogens (tertiary/aromatic N) is 1. The summed E-state index contributed by atoms with van der Waals surface area (Å²) in [5.41, 5.74) is 0. The summed E-state index contributed by atoms with van der Waals surface area (Å²) in [4.78, 5) is 13.4. The highest BCUT2D eigenvalue weighted by atomic mass is 16.4. The van der Waals surface area contributed by atoms with Crippen LogP contribution in [0.3, 0.4) is 0 Å². The standard InChI is InChI=1S/C15H29NO2/c1-11(2)8-14(9-12(3)4)16-7-5-6-13(16)10-15(17)18/h11-14H,5-10H2,1-4H3,(H,17,18). The zero-order valence-electron chi connectivity index (χ0n) is 12.4. The Morgan fingerprint density at radius 1 is 1.22 bits per heavy atom. The van der Waals surface area contributed by atoms with E-state index in [2.05, 4.69) is 32.6 Å². The third kappa shape index (κ3) is 4.97. The molecule has 1 N–H and O–H groups in total. The molecule has 1 heterocycles. The third-order valence-electron chi connectivity index (χ3n) is 3.79. The molecule has 1 fully saturated rings. The fraction of sp³-hybridized carbons (Fsp3) is 0.933. The van der Waals surface area contributed by atoms with Gasteiger partial charge < -0.3 is 5.11 Å². The maximum Gasteiger partial charge on any atom is 0.304 e. The molecule has 0 saturated carbocycles. The van der Waals surface area contributed by atoms with Crippen molar-refractivity contribution in [1.29, 1.82) is 0 Å². The molecule has 0 aromatic rings. The van der Waals surface area contributed by atoms with E-state index in [-0.39, 0.29) is 6.04 Å². The number of carbonyl (C=O) groups is 1. The number of likely N-dealkylation sites (tertiary alicyclic amines) is 1. The van der Waals surface area contributed by atoms with E-state index >= 15 is 0 Å². The zero-order chi connectivity index (χ0) is 13.7. The first-order valence-corrected chi connectivity index (χ1v) is 7.37. The summed E-state index contributed by atoms with van der Waals surface area (Å²) < 4.78 is 0. The number of carboxylic acid groups (broad SMARTS) is 1. The van der Waals surface area contributed by atoms with Gasteiger partial charge in [-0.1, -0.05) is 27.7 Å². The Balaban J connectivity index is 2.66. The normalized spacial score (nSPS) is 21.4. The van der Waals surface area contributed by atoms with Crippen LogP contribution in [-0.2, 0) is 4.79 Å². The van der Waals surface area contributed by atoms with Crippen LogP contribution in [-0.4, -0.2) is 34.6 Å². The number of aliphatic carboxylic acids is 1. The lowest BCUT2D eigenvalue weighted by Crippen LogP contribution is -2.41. The van der Waals surface area contributed by atoms with Gasteiger partial charge >= 0.3 is 5.97 Å². The van der Waals surface area contributed by atoms with Gasteiger partial charge in [0.15, 0.2) is 0 Å². The fourth-order valence-corrected chi connectivity index (χ4v) is 3.21. The SMILES string of the molecule is CC(C)CC(CC(C)C)N1CCCC1CC(=O)O. The average molecular weight is 255 g/mol. The highest BCUT2D eigenvalue weighted by Crippen LogP contribution is 2.28. The van der Waals surface area contributed by atoms with E-state index in [1.165, 1.54) is 12.8 Å². The van der Waals surface area contributed by atoms with Crippen LogP contribution in [0, 0.1) is 11.8 Å². The van der Waals surface area contributed by atoms with Crippen molar-refractivity contribution in [2.45, 2.75) is 71.9 Å². The van der Waals surface area contributed by atoms with E-state index < -0.39 is 5.97 Å². The fourth-order valence-electron chi connectivity index (χ4n) is 3.21. The van der Waals surface area contributed by atoms with Crippen molar-refractivity contribution in [3.63, 3.8) is 0 Å². The van der Waals surface area contributed by atoms with Gasteiger partial charge in [0.2, 0.25) is 0 Å². The largest absolute Gasteiger partial charge is 0.481 e. The van der Waals surface area contributed by atoms with E-state index in [9.17, 15) is 4.79 Å². The second-order valence-corrected chi connectivity index (χ2v) is 6.54. The number of carboxylic acids is 1. The lowest BCUT2D eigenvalue weighted by Gasteiger charge is -2.34. The van der Waals surface area contributed by atoms with Crippen LogP contribution in [0.15, 0.2) is 0 Å². The first-order chi connectivity index (χ1) is 8.40. The third-order valence-corrected chi connectivity index (χ3v) is 3.79. The second-order valence-electron chi connectivity index (χ2n) is 6.54. The highest BCUT2D eigenvalue weighted by Gasteiger charge is 2.32. The first-order valence-electron chi connectivity index (χ1n) is 7.37. The van der Waals surface area contributed by atoms with Gasteiger partial charge in [0.1, 0.15) is 0 Å². The lowest BCUT2D eigenvalue weighted by molar-refractivity contribution is -0.138. The minimum absolute atomic E-state index is 0.269. The predicted octanol–water partition coefficient (Wildman–Crippen LogP) is 3.39. The Labute approximate surface area is 112 Å². The van der Waals surface area contributed by atoms with Crippen LogP contribution in [0.25, 0.3) is 0 Å². The maximum atomic E-state index is 10.9. The molecule has 3 nitrogen and oxygen atoms in total. The predicted molar refractivity (Wildman–Crippen MR) is 74.7 cm³/mol. The van der Waals surface area contributed by atoms with Gasteiger partial charge in [-0.2, -0.15) is 0 Å². The van der Waals surface area contributed by atoms with E-state index in [1.54, 1.807) is 0 Å². The minimum atomic E-state index is -0.653. The molecule has 106 valence electrons. The molecule has 1 aliphatic heterocycles. The van der Waals surface area contributed by atoms with Crippen LogP contribution >= 0.6 is 0 Å². The summed E-state index contributed by atoms with van der Waals surface area (Å²) in [6.45, 7) is 10.1. The molecule has 0 aromatic heterocycles. The van der Waals surface area contributed by atoms with Gasteiger partial charge in [-0.25, -0.2) is 0 Å². The Kier molecular flexibility index (Phi) is 6.13. The van der Waals surface area contributed by atoms with Crippen LogP contribution in [0.2, 0.25) is 0 Å². The zero-order valence-corrected chi connectivity index (χ0v) is 12.4. The molecule has 0 radical (unpaired) electrons. The molecular formula is C15H29NO2. The van der Waals surface area contributed by atoms with Crippen molar-refractivity contribution in [1.82, 2.24) is 4.90 Å². The van der Waals surface area contributed by atoms with Gasteiger partial charge in [-0.3, -0.25) is 9.69 Å². The molecule has 1 saturated heterocycles. The van der Waals surface area contributed by atoms with Gasteiger partial charge in [0, 0.05) is 12.1 Å². The minimum Gasteiger partial charge on any atom is -0.481 e. The maximum absolute atomic E-state index is 10.9. The van der Waals surface area contributed by atoms with Crippen molar-refractivity contribution in [2.75, 3.05) is 6.54 Å². The van der Waals surface area contributed by atoms with Crippen molar-refractivity contribution >= 4 is 5.97 Å². The van der Waals surface area contributed by atoms with Gasteiger partial charge in [-0.15, -0.1) is 0 Å². The average Bonchev–Trinajstić information content (AvgIpc) is 2.62. The topological polar surface area (TPSA) is 40.5 Å². The molecule has 1 aliphatic rings. The van der Waals surface area contributed by atoms with E-state index in [1.807, 2.05) is 0 Å². The summed E-state index contributed by atoms with van der Waals surface area (Å²) in [6.07, 6.45) is 4.90. The molecule has 0 amide bonds. The van der Waals surface area contributed by atoms with E-state index in [4.69, 9.17) is 5.11 Å². The van der Waals surface area contributed by atoms with Crippen molar-refractivity contribution < 1.29 is 9.90 Å². The Morgan fingerprint density at radius 2 is 1.78 bits per heavy atom. The Morgan fingerprint density at radius 3 is 2.22 bits per heavy atom. The summed E-state index contributed by atoms with van der Waals surface area (Å²) in [6, 6.07) is 0.835. The molecule has 1 unspecified atom stereocenters. The molecular weight excluding hydrogens is 226 g/mol. The molecule has 1 rings (SSSR count). The molecule has 1 atom stereocenters. The van der Waals surface area contributed by atoms with Crippen molar-refractivity contribution in [3.05, 3.63) is 0 Å². The Hall–Kier alpha value is -0.570. The molecule has 0 bridgehead atoms. The molecule has 3 heteroatoms. The number of hydrogen-bond acceptors (Lipinski definition) is 2. The van der Waals surface area contributed by atoms with E-state index in [0.717, 1.165) is 19.4 Å². The lowest BCUT2D eigenvalue weighted by atomic mass is 9.93. The van der Waals surface area contributed by atoms with E-state index in [0.29, 0.717) is 24.3 Å². The van der Waals surface area contributed by atoms with Gasteiger partial charge in [0.25, 0.3) is 0 Å². The summed E-state index contributed by atoms with van der Waals surface area (Å²) >= 11 is 0. The van der Waals surface area contributed by atoms with Crippen LogP contribution < -0.4 is 0 Å². The number of rotatable bonds is 7. The summed E-state index contributed by atoms with van der Waals surface area (Å²) in [7, 11) is 0. The summed E-state index contributed by atoms with van der Waals surface area (Å²) in [5, 5.41) is 9.01. The molecule has 0 spiro atoms. The smallest absolute Gasteiger partial charge is 0.304 e. The van der Waals surface area contributed by atoms with Crippen molar-refractivity contribution in [3.8, 4) is 0 Å². The second kappa shape index (κ2) is 7.13. The summed E-state index contributed by atoms with van der Waals surface area (Å²) in [5.74, 6) is 0.708. The molecule has 0 aromatic carbocycles. The first kappa shape index (κ1) is 15.5. The monoisotopic (exact) mass is 255 g/mol. The Bertz CT molecular complexity index is 253. The van der Waals surface area contributed by atoms with Gasteiger partial charge in [-0.05, 0) is 44.1 Å². The van der Waals surface area contributed by atoms with Crippen molar-refractivity contribution in [2.24, 2.45) is 11.8 Å². The van der Waals surface area contributed by atoms with Crippen LogP contribution in [0.4, 0.5) is 0 Å². The highest BCUT2D eigenvalue weighted by molar-refractivity contribution is 5.67. The molecule has 18 heavy (non-hydrogen) atoms. The van der Waals surface area contributed by atoms with Crippen LogP contribution in [0.5, 0.6) is 0 Å².